The average molecular weight is 283 g/mol. The van der Waals surface area contributed by atoms with Crippen LogP contribution in [0.25, 0.3) is 0 Å². The Balaban J connectivity index is 2.40. The molecule has 1 aliphatic rings. The lowest BCUT2D eigenvalue weighted by atomic mass is 9.86. The predicted octanol–water partition coefficient (Wildman–Crippen LogP) is 4.30. The maximum Gasteiger partial charge on any atom is 0.00474 e. The smallest absolute Gasteiger partial charge is 0.00474 e. The van der Waals surface area contributed by atoms with E-state index in [4.69, 9.17) is 0 Å². The van der Waals surface area contributed by atoms with Gasteiger partial charge in [-0.1, -0.05) is 40.5 Å². The van der Waals surface area contributed by atoms with E-state index in [0.29, 0.717) is 5.41 Å². The van der Waals surface area contributed by atoms with Gasteiger partial charge in [-0.2, -0.15) is 0 Å². The van der Waals surface area contributed by atoms with E-state index >= 15 is 0 Å². The van der Waals surface area contributed by atoms with Gasteiger partial charge in [-0.15, -0.1) is 0 Å². The van der Waals surface area contributed by atoms with E-state index in [0.717, 1.165) is 12.5 Å². The summed E-state index contributed by atoms with van der Waals surface area (Å²) in [6.45, 7) is 15.7. The quantitative estimate of drug-likeness (QED) is 0.634. The summed E-state index contributed by atoms with van der Waals surface area (Å²) >= 11 is 0. The fraction of sp³-hybridized carbons (Fsp3) is 1.00. The zero-order chi connectivity index (χ0) is 14.8. The molecule has 1 saturated heterocycles. The molecule has 0 saturated carbocycles. The molecule has 0 aromatic rings. The van der Waals surface area contributed by atoms with E-state index in [9.17, 15) is 0 Å². The first-order chi connectivity index (χ1) is 9.63. The van der Waals surface area contributed by atoms with Crippen LogP contribution in [0, 0.1) is 11.3 Å². The Morgan fingerprint density at radius 3 is 2.55 bits per heavy atom. The molecule has 0 spiro atoms. The molecule has 1 fully saturated rings. The molecule has 1 aliphatic heterocycles. The van der Waals surface area contributed by atoms with Gasteiger partial charge < -0.3 is 10.2 Å². The van der Waals surface area contributed by atoms with Gasteiger partial charge in [-0.25, -0.2) is 0 Å². The molecule has 1 rings (SSSR count). The number of hydrogen-bond acceptors (Lipinski definition) is 2. The summed E-state index contributed by atoms with van der Waals surface area (Å²) in [6, 6.07) is 0. The summed E-state index contributed by atoms with van der Waals surface area (Å²) in [4.78, 5) is 2.74. The molecule has 2 heteroatoms. The number of likely N-dealkylation sites (tertiary alicyclic amines) is 1. The molecule has 1 heterocycles. The molecule has 0 bridgehead atoms. The molecule has 0 aliphatic carbocycles. The van der Waals surface area contributed by atoms with Crippen molar-refractivity contribution < 1.29 is 0 Å². The lowest BCUT2D eigenvalue weighted by molar-refractivity contribution is 0.157. The van der Waals surface area contributed by atoms with Crippen molar-refractivity contribution in [2.24, 2.45) is 11.3 Å². The van der Waals surface area contributed by atoms with E-state index in [2.05, 4.69) is 37.9 Å². The third kappa shape index (κ3) is 6.58. The van der Waals surface area contributed by atoms with Crippen molar-refractivity contribution in [3.8, 4) is 0 Å². The summed E-state index contributed by atoms with van der Waals surface area (Å²) in [6.07, 6.45) is 9.61. The minimum Gasteiger partial charge on any atom is -0.316 e. The summed E-state index contributed by atoms with van der Waals surface area (Å²) < 4.78 is 0. The third-order valence-electron chi connectivity index (χ3n) is 5.07. The second-order valence-electron chi connectivity index (χ2n) is 7.20. The highest BCUT2D eigenvalue weighted by molar-refractivity contribution is 4.81. The van der Waals surface area contributed by atoms with Crippen molar-refractivity contribution >= 4 is 0 Å². The third-order valence-corrected chi connectivity index (χ3v) is 5.07. The topological polar surface area (TPSA) is 15.3 Å². The monoisotopic (exact) mass is 282 g/mol. The zero-order valence-electron chi connectivity index (χ0n) is 14.5. The van der Waals surface area contributed by atoms with Crippen molar-refractivity contribution in [1.29, 1.82) is 0 Å². The maximum atomic E-state index is 3.63. The summed E-state index contributed by atoms with van der Waals surface area (Å²) in [5.41, 5.74) is 0.444. The number of hydrogen-bond donors (Lipinski definition) is 1. The van der Waals surface area contributed by atoms with Crippen molar-refractivity contribution in [3.05, 3.63) is 0 Å². The van der Waals surface area contributed by atoms with Crippen LogP contribution < -0.4 is 5.32 Å². The lowest BCUT2D eigenvalue weighted by Gasteiger charge is -2.35. The first-order valence-corrected chi connectivity index (χ1v) is 9.06. The number of rotatable bonds is 9. The van der Waals surface area contributed by atoms with Crippen LogP contribution in [0.15, 0.2) is 0 Å². The number of nitrogens with zero attached hydrogens (tertiary/aromatic N) is 1. The molecule has 2 nitrogen and oxygen atoms in total. The van der Waals surface area contributed by atoms with Crippen molar-refractivity contribution in [2.75, 3.05) is 32.7 Å². The zero-order valence-corrected chi connectivity index (χ0v) is 14.5. The normalized spacial score (nSPS) is 24.3. The van der Waals surface area contributed by atoms with Crippen LogP contribution in [0.5, 0.6) is 0 Å². The Hall–Kier alpha value is -0.0800. The van der Waals surface area contributed by atoms with E-state index in [1.807, 2.05) is 0 Å². The molecule has 1 N–H and O–H groups in total. The molecule has 0 amide bonds. The minimum absolute atomic E-state index is 0.444. The first kappa shape index (κ1) is 18.0. The molecule has 120 valence electrons. The summed E-state index contributed by atoms with van der Waals surface area (Å²) in [5, 5.41) is 3.63. The van der Waals surface area contributed by atoms with Gasteiger partial charge in [-0.3, -0.25) is 0 Å². The molecule has 0 radical (unpaired) electrons. The van der Waals surface area contributed by atoms with E-state index < -0.39 is 0 Å². The standard InChI is InChI=1S/C18H38N2/c1-5-9-17-10-8-13-20(14-11-17)16-18(4,7-3)15-19-12-6-2/h17,19H,5-16H2,1-4H3. The van der Waals surface area contributed by atoms with Gasteiger partial charge in [0.1, 0.15) is 0 Å². The SMILES string of the molecule is CCCNCC(C)(CC)CN1CCCC(CCC)CC1. The van der Waals surface area contributed by atoms with Gasteiger partial charge in [0.15, 0.2) is 0 Å². The van der Waals surface area contributed by atoms with E-state index in [1.54, 1.807) is 0 Å². The molecule has 2 unspecified atom stereocenters. The summed E-state index contributed by atoms with van der Waals surface area (Å²) in [7, 11) is 0. The Labute approximate surface area is 127 Å². The van der Waals surface area contributed by atoms with Crippen molar-refractivity contribution in [3.63, 3.8) is 0 Å². The Bertz CT molecular complexity index is 242. The van der Waals surface area contributed by atoms with Crippen LogP contribution in [0.4, 0.5) is 0 Å². The molecular weight excluding hydrogens is 244 g/mol. The number of nitrogens with one attached hydrogen (secondary N) is 1. The second kappa shape index (κ2) is 9.78. The van der Waals surface area contributed by atoms with Gasteiger partial charge in [0.25, 0.3) is 0 Å². The fourth-order valence-electron chi connectivity index (χ4n) is 3.48. The van der Waals surface area contributed by atoms with Crippen LogP contribution in [0.3, 0.4) is 0 Å². The van der Waals surface area contributed by atoms with E-state index in [1.165, 1.54) is 71.1 Å². The minimum atomic E-state index is 0.444. The largest absolute Gasteiger partial charge is 0.316 e. The van der Waals surface area contributed by atoms with Crippen LogP contribution in [-0.2, 0) is 0 Å². The van der Waals surface area contributed by atoms with Crippen LogP contribution in [0.2, 0.25) is 0 Å². The van der Waals surface area contributed by atoms with Crippen molar-refractivity contribution in [2.45, 2.75) is 72.6 Å². The van der Waals surface area contributed by atoms with Gasteiger partial charge in [0.05, 0.1) is 0 Å². The Morgan fingerprint density at radius 2 is 1.90 bits per heavy atom. The highest BCUT2D eigenvalue weighted by atomic mass is 15.1. The Morgan fingerprint density at radius 1 is 1.10 bits per heavy atom. The fourth-order valence-corrected chi connectivity index (χ4v) is 3.48. The molecule has 20 heavy (non-hydrogen) atoms. The van der Waals surface area contributed by atoms with Crippen LogP contribution in [-0.4, -0.2) is 37.6 Å². The predicted molar refractivity (Wildman–Crippen MR) is 90.2 cm³/mol. The summed E-state index contributed by atoms with van der Waals surface area (Å²) in [5.74, 6) is 0.996. The van der Waals surface area contributed by atoms with Gasteiger partial charge >= 0.3 is 0 Å². The van der Waals surface area contributed by atoms with Gasteiger partial charge in [0, 0.05) is 13.1 Å². The second-order valence-corrected chi connectivity index (χ2v) is 7.20. The lowest BCUT2D eigenvalue weighted by Crippen LogP contribution is -2.42. The highest BCUT2D eigenvalue weighted by Crippen LogP contribution is 2.26. The van der Waals surface area contributed by atoms with Crippen LogP contribution in [0.1, 0.15) is 72.6 Å². The molecule has 0 aromatic carbocycles. The Kier molecular flexibility index (Phi) is 8.79. The maximum absolute atomic E-state index is 3.63. The average Bonchev–Trinajstić information content (AvgIpc) is 2.65. The van der Waals surface area contributed by atoms with Gasteiger partial charge in [-0.05, 0) is 63.1 Å². The highest BCUT2D eigenvalue weighted by Gasteiger charge is 2.26. The van der Waals surface area contributed by atoms with E-state index in [-0.39, 0.29) is 0 Å². The molecule has 2 atom stereocenters. The first-order valence-electron chi connectivity index (χ1n) is 9.06. The molecule has 0 aromatic heterocycles. The molecular formula is C18H38N2. The van der Waals surface area contributed by atoms with Crippen LogP contribution >= 0.6 is 0 Å². The van der Waals surface area contributed by atoms with Gasteiger partial charge in [0.2, 0.25) is 0 Å². The van der Waals surface area contributed by atoms with Crippen molar-refractivity contribution in [1.82, 2.24) is 10.2 Å².